The Kier molecular flexibility index (Phi) is 7.47. The third-order valence-electron chi connectivity index (χ3n) is 5.63. The van der Waals surface area contributed by atoms with Crippen molar-refractivity contribution in [1.29, 1.82) is 0 Å². The summed E-state index contributed by atoms with van der Waals surface area (Å²) >= 11 is 5.85. The molecule has 1 fully saturated rings. The summed E-state index contributed by atoms with van der Waals surface area (Å²) in [5.41, 5.74) is 1.16. The van der Waals surface area contributed by atoms with Crippen molar-refractivity contribution in [2.24, 2.45) is 0 Å². The van der Waals surface area contributed by atoms with Crippen molar-refractivity contribution in [3.05, 3.63) is 59.1 Å². The molecule has 2 aromatic carbocycles. The molecule has 9 heteroatoms. The fraction of sp³-hybridized carbons (Fsp3) is 0.375. The topological polar surface area (TPSA) is 88.2 Å². The smallest absolute Gasteiger partial charge is 0.265 e. The minimum atomic E-state index is -0.758. The zero-order chi connectivity index (χ0) is 23.2. The van der Waals surface area contributed by atoms with Crippen LogP contribution in [0, 0.1) is 0 Å². The SMILES string of the molecule is O=C(NCCCC(=O)N1CC(C(=O)N2CCOCC2)Oc2ccccc21)c1ccc(Cl)cc1. The van der Waals surface area contributed by atoms with Gasteiger partial charge in [0.2, 0.25) is 5.91 Å². The number of hydrogen-bond acceptors (Lipinski definition) is 5. The fourth-order valence-corrected chi connectivity index (χ4v) is 3.99. The van der Waals surface area contributed by atoms with Crippen molar-refractivity contribution in [1.82, 2.24) is 10.2 Å². The van der Waals surface area contributed by atoms with Gasteiger partial charge in [-0.3, -0.25) is 14.4 Å². The Morgan fingerprint density at radius 3 is 2.52 bits per heavy atom. The monoisotopic (exact) mass is 471 g/mol. The Bertz CT molecular complexity index is 1010. The van der Waals surface area contributed by atoms with E-state index in [1.165, 1.54) is 0 Å². The van der Waals surface area contributed by atoms with Gasteiger partial charge in [-0.05, 0) is 42.8 Å². The van der Waals surface area contributed by atoms with Gasteiger partial charge in [0, 0.05) is 36.6 Å². The van der Waals surface area contributed by atoms with Gasteiger partial charge in [0.15, 0.2) is 6.10 Å². The number of rotatable bonds is 6. The fourth-order valence-electron chi connectivity index (χ4n) is 3.87. The number of ether oxygens (including phenoxy) is 2. The number of anilines is 1. The number of nitrogens with one attached hydrogen (secondary N) is 1. The summed E-state index contributed by atoms with van der Waals surface area (Å²) in [6.45, 7) is 2.54. The van der Waals surface area contributed by atoms with Gasteiger partial charge in [-0.1, -0.05) is 23.7 Å². The molecule has 0 aromatic heterocycles. The number of nitrogens with zero attached hydrogens (tertiary/aromatic N) is 2. The lowest BCUT2D eigenvalue weighted by atomic mass is 10.1. The van der Waals surface area contributed by atoms with E-state index in [2.05, 4.69) is 5.32 Å². The highest BCUT2D eigenvalue weighted by Crippen LogP contribution is 2.34. The number of fused-ring (bicyclic) bond motifs is 1. The predicted molar refractivity (Wildman–Crippen MR) is 124 cm³/mol. The third kappa shape index (κ3) is 5.64. The predicted octanol–water partition coefficient (Wildman–Crippen LogP) is 2.50. The van der Waals surface area contributed by atoms with Gasteiger partial charge in [0.1, 0.15) is 5.75 Å². The Morgan fingerprint density at radius 1 is 1.03 bits per heavy atom. The summed E-state index contributed by atoms with van der Waals surface area (Å²) in [6.07, 6.45) is -0.0560. The van der Waals surface area contributed by atoms with E-state index in [-0.39, 0.29) is 30.7 Å². The van der Waals surface area contributed by atoms with Crippen LogP contribution in [0.5, 0.6) is 5.75 Å². The lowest BCUT2D eigenvalue weighted by Crippen LogP contribution is -2.54. The number of halogens is 1. The molecule has 1 N–H and O–H groups in total. The summed E-state index contributed by atoms with van der Waals surface area (Å²) in [5, 5.41) is 3.38. The number of benzene rings is 2. The summed E-state index contributed by atoms with van der Waals surface area (Å²) in [5.74, 6) is 0.0406. The van der Waals surface area contributed by atoms with Crippen LogP contribution in [-0.4, -0.2) is 68.1 Å². The zero-order valence-electron chi connectivity index (χ0n) is 18.2. The van der Waals surface area contributed by atoms with Crippen molar-refractivity contribution < 1.29 is 23.9 Å². The van der Waals surface area contributed by atoms with Gasteiger partial charge in [0.05, 0.1) is 25.4 Å². The molecular weight excluding hydrogens is 446 g/mol. The maximum Gasteiger partial charge on any atom is 0.265 e. The summed E-state index contributed by atoms with van der Waals surface area (Å²) < 4.78 is 11.3. The first-order valence-corrected chi connectivity index (χ1v) is 11.4. The minimum absolute atomic E-state index is 0.119. The molecule has 1 unspecified atom stereocenters. The molecule has 0 aliphatic carbocycles. The first-order valence-electron chi connectivity index (χ1n) is 11.0. The average molecular weight is 472 g/mol. The van der Waals surface area contributed by atoms with Crippen molar-refractivity contribution in [2.45, 2.75) is 18.9 Å². The van der Waals surface area contributed by atoms with Crippen molar-refractivity contribution in [3.8, 4) is 5.75 Å². The summed E-state index contributed by atoms with van der Waals surface area (Å²) in [6, 6.07) is 13.8. The van der Waals surface area contributed by atoms with Crippen LogP contribution in [0.1, 0.15) is 23.2 Å². The van der Waals surface area contributed by atoms with Crippen molar-refractivity contribution in [3.63, 3.8) is 0 Å². The number of para-hydroxylation sites is 2. The molecule has 0 saturated carbocycles. The average Bonchev–Trinajstić information content (AvgIpc) is 2.86. The molecule has 3 amide bonds. The lowest BCUT2D eigenvalue weighted by Gasteiger charge is -2.37. The second-order valence-electron chi connectivity index (χ2n) is 7.88. The van der Waals surface area contributed by atoms with E-state index in [1.807, 2.05) is 18.2 Å². The van der Waals surface area contributed by atoms with Crippen LogP contribution in [0.25, 0.3) is 0 Å². The van der Waals surface area contributed by atoms with Crippen LogP contribution < -0.4 is 15.0 Å². The highest BCUT2D eigenvalue weighted by Gasteiger charge is 2.36. The van der Waals surface area contributed by atoms with E-state index in [4.69, 9.17) is 21.1 Å². The number of carbonyl (C=O) groups is 3. The number of hydrogen-bond donors (Lipinski definition) is 1. The van der Waals surface area contributed by atoms with E-state index in [0.717, 1.165) is 0 Å². The van der Waals surface area contributed by atoms with Gasteiger partial charge >= 0.3 is 0 Å². The highest BCUT2D eigenvalue weighted by molar-refractivity contribution is 6.30. The Balaban J connectivity index is 1.34. The molecule has 2 aliphatic rings. The van der Waals surface area contributed by atoms with Gasteiger partial charge in [-0.2, -0.15) is 0 Å². The number of morpholine rings is 1. The van der Waals surface area contributed by atoms with E-state index < -0.39 is 6.10 Å². The third-order valence-corrected chi connectivity index (χ3v) is 5.88. The Morgan fingerprint density at radius 2 is 1.76 bits per heavy atom. The largest absolute Gasteiger partial charge is 0.476 e. The molecule has 0 spiro atoms. The van der Waals surface area contributed by atoms with Crippen LogP contribution in [0.4, 0.5) is 5.69 Å². The van der Waals surface area contributed by atoms with Crippen molar-refractivity contribution in [2.75, 3.05) is 44.3 Å². The first kappa shape index (κ1) is 23.1. The number of amides is 3. The van der Waals surface area contributed by atoms with Crippen molar-refractivity contribution >= 4 is 35.0 Å². The van der Waals surface area contributed by atoms with Crippen LogP contribution in [0.15, 0.2) is 48.5 Å². The normalized spacial score (nSPS) is 17.7. The van der Waals surface area contributed by atoms with Crippen LogP contribution in [0.3, 0.4) is 0 Å². The minimum Gasteiger partial charge on any atom is -0.476 e. The molecule has 2 aliphatic heterocycles. The van der Waals surface area contributed by atoms with Gasteiger partial charge in [0.25, 0.3) is 11.8 Å². The quantitative estimate of drug-likeness (QED) is 0.654. The molecule has 33 heavy (non-hydrogen) atoms. The van der Waals surface area contributed by atoms with E-state index in [1.54, 1.807) is 40.1 Å². The molecule has 174 valence electrons. The van der Waals surface area contributed by atoms with E-state index >= 15 is 0 Å². The lowest BCUT2D eigenvalue weighted by molar-refractivity contribution is -0.142. The second kappa shape index (κ2) is 10.7. The molecule has 2 aromatic rings. The molecule has 4 rings (SSSR count). The van der Waals surface area contributed by atoms with Gasteiger partial charge in [-0.15, -0.1) is 0 Å². The van der Waals surface area contributed by atoms with Gasteiger partial charge < -0.3 is 24.6 Å². The van der Waals surface area contributed by atoms with Crippen LogP contribution in [-0.2, 0) is 14.3 Å². The van der Waals surface area contributed by atoms with E-state index in [0.29, 0.717) is 61.3 Å². The molecule has 0 bridgehead atoms. The Hall–Kier alpha value is -3.10. The second-order valence-corrected chi connectivity index (χ2v) is 8.32. The van der Waals surface area contributed by atoms with E-state index in [9.17, 15) is 14.4 Å². The van der Waals surface area contributed by atoms with Gasteiger partial charge in [-0.25, -0.2) is 0 Å². The highest BCUT2D eigenvalue weighted by atomic mass is 35.5. The van der Waals surface area contributed by atoms with Crippen LogP contribution in [0.2, 0.25) is 5.02 Å². The first-order chi connectivity index (χ1) is 16.0. The summed E-state index contributed by atoms with van der Waals surface area (Å²) in [7, 11) is 0. The molecular formula is C24H26ClN3O5. The van der Waals surface area contributed by atoms with Crippen LogP contribution >= 0.6 is 11.6 Å². The molecule has 1 atom stereocenters. The standard InChI is InChI=1S/C24H26ClN3O5/c25-18-9-7-17(8-10-18)23(30)26-11-3-6-22(29)28-16-21(24(31)27-12-14-32-15-13-27)33-20-5-2-1-4-19(20)28/h1-2,4-5,7-10,21H,3,6,11-16H2,(H,26,30). The number of carbonyl (C=O) groups excluding carboxylic acids is 3. The maximum atomic E-state index is 13.1. The molecule has 1 saturated heterocycles. The zero-order valence-corrected chi connectivity index (χ0v) is 18.9. The maximum absolute atomic E-state index is 13.1. The molecule has 0 radical (unpaired) electrons. The molecule has 8 nitrogen and oxygen atoms in total. The molecule has 2 heterocycles. The Labute approximate surface area is 197 Å². The summed E-state index contributed by atoms with van der Waals surface area (Å²) in [4.78, 5) is 41.6.